The van der Waals surface area contributed by atoms with E-state index < -0.39 is 0 Å². The van der Waals surface area contributed by atoms with Crippen molar-refractivity contribution in [2.45, 2.75) is 0 Å². The van der Waals surface area contributed by atoms with E-state index in [4.69, 9.17) is 5.10 Å². The van der Waals surface area contributed by atoms with Crippen LogP contribution in [0.1, 0.15) is 0 Å². The van der Waals surface area contributed by atoms with Gasteiger partial charge in [-0.25, -0.2) is 4.68 Å². The maximum atomic E-state index is 5.49. The first kappa shape index (κ1) is 35.3. The summed E-state index contributed by atoms with van der Waals surface area (Å²) < 4.78 is 7.04. The molecular weight excluding hydrogens is 765 g/mol. The van der Waals surface area contributed by atoms with E-state index in [9.17, 15) is 0 Å². The SMILES string of the molecule is c1ccc(-c2cc3ccc(-c4cc(-n5c6ccccc6c6ccccc65)cc(-n5c6ccccc6c6ccccc65)c4)cc3c3c2c(-c2ccccc2)nn3-c2ccccc2)cc1. The molecule has 0 aliphatic carbocycles. The smallest absolute Gasteiger partial charge is 0.101 e. The zero-order valence-electron chi connectivity index (χ0n) is 34.2. The lowest BCUT2D eigenvalue weighted by Crippen LogP contribution is -2.00. The Morgan fingerprint density at radius 1 is 0.302 bits per heavy atom. The van der Waals surface area contributed by atoms with Gasteiger partial charge in [0.25, 0.3) is 0 Å². The van der Waals surface area contributed by atoms with Gasteiger partial charge >= 0.3 is 0 Å². The van der Waals surface area contributed by atoms with Crippen LogP contribution >= 0.6 is 0 Å². The van der Waals surface area contributed by atoms with Crippen LogP contribution in [0.5, 0.6) is 0 Å². The Balaban J connectivity index is 1.14. The largest absolute Gasteiger partial charge is 0.309 e. The molecule has 4 nitrogen and oxygen atoms in total. The van der Waals surface area contributed by atoms with Gasteiger partial charge < -0.3 is 9.13 Å². The molecule has 0 aliphatic heterocycles. The molecule has 3 heterocycles. The lowest BCUT2D eigenvalue weighted by atomic mass is 9.92. The topological polar surface area (TPSA) is 27.7 Å². The molecule has 0 aliphatic rings. The van der Waals surface area contributed by atoms with Gasteiger partial charge in [0.2, 0.25) is 0 Å². The quantitative estimate of drug-likeness (QED) is 0.165. The predicted octanol–water partition coefficient (Wildman–Crippen LogP) is 15.4. The molecule has 0 saturated heterocycles. The fraction of sp³-hybridized carbons (Fsp3) is 0. The number of aromatic nitrogens is 4. The Labute approximate surface area is 363 Å². The molecule has 0 bridgehead atoms. The third-order valence-corrected chi connectivity index (χ3v) is 12.8. The third-order valence-electron chi connectivity index (χ3n) is 12.8. The minimum absolute atomic E-state index is 0.961. The molecule has 13 aromatic rings. The van der Waals surface area contributed by atoms with Crippen molar-refractivity contribution in [1.29, 1.82) is 0 Å². The Kier molecular flexibility index (Phi) is 7.87. The first-order valence-corrected chi connectivity index (χ1v) is 21.6. The molecule has 3 aromatic heterocycles. The van der Waals surface area contributed by atoms with Crippen molar-refractivity contribution in [3.8, 4) is 50.6 Å². The highest BCUT2D eigenvalue weighted by Crippen LogP contribution is 2.44. The summed E-state index contributed by atoms with van der Waals surface area (Å²) in [6, 6.07) is 83.5. The maximum Gasteiger partial charge on any atom is 0.101 e. The van der Waals surface area contributed by atoms with E-state index in [1.807, 2.05) is 0 Å². The molecule has 4 heteroatoms. The lowest BCUT2D eigenvalue weighted by molar-refractivity contribution is 0.918. The highest BCUT2D eigenvalue weighted by atomic mass is 15.3. The zero-order valence-corrected chi connectivity index (χ0v) is 34.2. The van der Waals surface area contributed by atoms with Crippen LogP contribution in [-0.2, 0) is 0 Å². The van der Waals surface area contributed by atoms with Gasteiger partial charge in [-0.1, -0.05) is 164 Å². The Morgan fingerprint density at radius 3 is 1.29 bits per heavy atom. The van der Waals surface area contributed by atoms with Gasteiger partial charge in [0.15, 0.2) is 0 Å². The van der Waals surface area contributed by atoms with Crippen LogP contribution in [0, 0.1) is 0 Å². The van der Waals surface area contributed by atoms with Gasteiger partial charge in [-0.05, 0) is 94.4 Å². The van der Waals surface area contributed by atoms with Gasteiger partial charge in [0, 0.05) is 49.3 Å². The normalized spacial score (nSPS) is 11.8. The molecule has 0 radical (unpaired) electrons. The average molecular weight is 803 g/mol. The number of nitrogens with zero attached hydrogens (tertiary/aromatic N) is 4. The molecule has 10 aromatic carbocycles. The van der Waals surface area contributed by atoms with Crippen molar-refractivity contribution in [1.82, 2.24) is 18.9 Å². The summed E-state index contributed by atoms with van der Waals surface area (Å²) in [5.74, 6) is 0. The molecule has 0 N–H and O–H groups in total. The second kappa shape index (κ2) is 14.1. The molecule has 0 unspecified atom stereocenters. The van der Waals surface area contributed by atoms with Crippen molar-refractivity contribution < 1.29 is 0 Å². The van der Waals surface area contributed by atoms with Crippen LogP contribution in [0.15, 0.2) is 231 Å². The number of para-hydroxylation sites is 5. The molecule has 0 saturated carbocycles. The number of hydrogen-bond donors (Lipinski definition) is 0. The monoisotopic (exact) mass is 802 g/mol. The van der Waals surface area contributed by atoms with E-state index in [0.717, 1.165) is 72.2 Å². The first-order valence-electron chi connectivity index (χ1n) is 21.6. The van der Waals surface area contributed by atoms with E-state index in [-0.39, 0.29) is 0 Å². The maximum absolute atomic E-state index is 5.49. The van der Waals surface area contributed by atoms with Crippen LogP contribution in [0.2, 0.25) is 0 Å². The molecule has 13 rings (SSSR count). The molecule has 0 atom stereocenters. The molecular formula is C59H38N4. The molecule has 0 fully saturated rings. The fourth-order valence-electron chi connectivity index (χ4n) is 10.0. The summed E-state index contributed by atoms with van der Waals surface area (Å²) >= 11 is 0. The van der Waals surface area contributed by atoms with Gasteiger partial charge in [-0.2, -0.15) is 5.10 Å². The minimum atomic E-state index is 0.961. The van der Waals surface area contributed by atoms with Gasteiger partial charge in [-0.15, -0.1) is 0 Å². The summed E-state index contributed by atoms with van der Waals surface area (Å²) in [7, 11) is 0. The summed E-state index contributed by atoms with van der Waals surface area (Å²) in [4.78, 5) is 0. The number of hydrogen-bond acceptors (Lipinski definition) is 1. The lowest BCUT2D eigenvalue weighted by Gasteiger charge is -2.17. The van der Waals surface area contributed by atoms with Crippen molar-refractivity contribution in [3.63, 3.8) is 0 Å². The number of fused-ring (bicyclic) bond motifs is 9. The predicted molar refractivity (Wildman–Crippen MR) is 264 cm³/mol. The van der Waals surface area contributed by atoms with Crippen LogP contribution in [0.4, 0.5) is 0 Å². The van der Waals surface area contributed by atoms with Crippen molar-refractivity contribution in [3.05, 3.63) is 231 Å². The Hall–Kier alpha value is -8.47. The average Bonchev–Trinajstić information content (AvgIpc) is 4.03. The second-order valence-electron chi connectivity index (χ2n) is 16.4. The van der Waals surface area contributed by atoms with Crippen molar-refractivity contribution in [2.24, 2.45) is 0 Å². The van der Waals surface area contributed by atoms with E-state index in [0.29, 0.717) is 0 Å². The highest BCUT2D eigenvalue weighted by Gasteiger charge is 2.23. The minimum Gasteiger partial charge on any atom is -0.309 e. The van der Waals surface area contributed by atoms with E-state index in [1.54, 1.807) is 0 Å². The number of benzene rings is 10. The van der Waals surface area contributed by atoms with Crippen LogP contribution in [0.25, 0.3) is 116 Å². The van der Waals surface area contributed by atoms with Gasteiger partial charge in [0.1, 0.15) is 5.69 Å². The molecule has 294 valence electrons. The zero-order chi connectivity index (χ0) is 41.4. The van der Waals surface area contributed by atoms with Crippen molar-refractivity contribution in [2.75, 3.05) is 0 Å². The van der Waals surface area contributed by atoms with E-state index >= 15 is 0 Å². The Bertz CT molecular complexity index is 3650. The van der Waals surface area contributed by atoms with E-state index in [1.165, 1.54) is 43.6 Å². The summed E-state index contributed by atoms with van der Waals surface area (Å²) in [6.45, 7) is 0. The number of rotatable bonds is 6. The highest BCUT2D eigenvalue weighted by molar-refractivity contribution is 6.18. The summed E-state index contributed by atoms with van der Waals surface area (Å²) in [5, 5.41) is 13.9. The van der Waals surface area contributed by atoms with Gasteiger partial charge in [-0.3, -0.25) is 0 Å². The second-order valence-corrected chi connectivity index (χ2v) is 16.4. The molecule has 0 amide bonds. The standard InChI is InChI=1S/C59H38N4/c1-4-18-39(19-5-1)51-37-42-33-32-41(36-52(42)59-57(51)58(40-20-6-2-7-21-40)60-63(59)44-22-8-3-9-23-44)43-34-45(61-53-28-14-10-24-47(53)48-25-11-15-29-54(48)61)38-46(35-43)62-55-30-16-12-26-49(55)50-27-13-17-31-56(50)62/h1-38H. The third kappa shape index (κ3) is 5.52. The summed E-state index contributed by atoms with van der Waals surface area (Å²) in [6.07, 6.45) is 0. The van der Waals surface area contributed by atoms with E-state index in [2.05, 4.69) is 244 Å². The van der Waals surface area contributed by atoms with Crippen molar-refractivity contribution >= 4 is 65.3 Å². The molecule has 0 spiro atoms. The first-order chi connectivity index (χ1) is 31.3. The van der Waals surface area contributed by atoms with Gasteiger partial charge in [0.05, 0.1) is 33.3 Å². The van der Waals surface area contributed by atoms with Crippen LogP contribution in [0.3, 0.4) is 0 Å². The van der Waals surface area contributed by atoms with Crippen LogP contribution in [-0.4, -0.2) is 18.9 Å². The Morgan fingerprint density at radius 2 is 0.762 bits per heavy atom. The van der Waals surface area contributed by atoms with Crippen LogP contribution < -0.4 is 0 Å². The molecule has 63 heavy (non-hydrogen) atoms. The fourth-order valence-corrected chi connectivity index (χ4v) is 10.0. The summed E-state index contributed by atoms with van der Waals surface area (Å²) in [5.41, 5.74) is 15.6.